The standard InChI is InChI=1S/C17H22N2O2/c1-12-11-15(19(2)13-7-9-21-10-8-13)14-5-4-6-16(20-3)17(14)18-12/h4-6,11,13H,7-10H2,1-3H3. The van der Waals surface area contributed by atoms with Gasteiger partial charge < -0.3 is 14.4 Å². The lowest BCUT2D eigenvalue weighted by Crippen LogP contribution is -2.36. The van der Waals surface area contributed by atoms with Crippen molar-refractivity contribution in [3.63, 3.8) is 0 Å². The molecular weight excluding hydrogens is 264 g/mol. The molecule has 4 nitrogen and oxygen atoms in total. The highest BCUT2D eigenvalue weighted by Gasteiger charge is 2.21. The number of hydrogen-bond acceptors (Lipinski definition) is 4. The first-order valence-electron chi connectivity index (χ1n) is 7.45. The van der Waals surface area contributed by atoms with Crippen LogP contribution in [0.15, 0.2) is 24.3 Å². The summed E-state index contributed by atoms with van der Waals surface area (Å²) in [6.45, 7) is 3.73. The lowest BCUT2D eigenvalue weighted by Gasteiger charge is -2.33. The summed E-state index contributed by atoms with van der Waals surface area (Å²) < 4.78 is 10.9. The molecule has 0 bridgehead atoms. The van der Waals surface area contributed by atoms with Crippen LogP contribution < -0.4 is 9.64 Å². The topological polar surface area (TPSA) is 34.6 Å². The van der Waals surface area contributed by atoms with Gasteiger partial charge in [-0.15, -0.1) is 0 Å². The Balaban J connectivity index is 2.08. The van der Waals surface area contributed by atoms with Crippen molar-refractivity contribution >= 4 is 16.6 Å². The Kier molecular flexibility index (Phi) is 3.97. The van der Waals surface area contributed by atoms with Gasteiger partial charge in [-0.05, 0) is 31.9 Å². The van der Waals surface area contributed by atoms with Crippen LogP contribution in [0.4, 0.5) is 5.69 Å². The van der Waals surface area contributed by atoms with Crippen LogP contribution in [0.2, 0.25) is 0 Å². The van der Waals surface area contributed by atoms with Gasteiger partial charge in [0.25, 0.3) is 0 Å². The van der Waals surface area contributed by atoms with E-state index >= 15 is 0 Å². The van der Waals surface area contributed by atoms with E-state index in [2.05, 4.69) is 29.1 Å². The molecule has 3 rings (SSSR count). The minimum atomic E-state index is 0.523. The van der Waals surface area contributed by atoms with Crippen LogP contribution in [0.5, 0.6) is 5.75 Å². The number of para-hydroxylation sites is 1. The number of fused-ring (bicyclic) bond motifs is 1. The van der Waals surface area contributed by atoms with Gasteiger partial charge in [0.05, 0.1) is 7.11 Å². The quantitative estimate of drug-likeness (QED) is 0.868. The van der Waals surface area contributed by atoms with E-state index in [0.29, 0.717) is 6.04 Å². The molecule has 1 aromatic heterocycles. The number of benzene rings is 1. The Hall–Kier alpha value is -1.81. The van der Waals surface area contributed by atoms with E-state index in [9.17, 15) is 0 Å². The molecule has 1 fully saturated rings. The summed E-state index contributed by atoms with van der Waals surface area (Å²) in [6.07, 6.45) is 2.15. The van der Waals surface area contributed by atoms with Gasteiger partial charge >= 0.3 is 0 Å². The number of nitrogens with zero attached hydrogens (tertiary/aromatic N) is 2. The number of anilines is 1. The summed E-state index contributed by atoms with van der Waals surface area (Å²) in [5.74, 6) is 0.831. The number of pyridine rings is 1. The van der Waals surface area contributed by atoms with Crippen molar-refractivity contribution < 1.29 is 9.47 Å². The monoisotopic (exact) mass is 286 g/mol. The average molecular weight is 286 g/mol. The summed E-state index contributed by atoms with van der Waals surface area (Å²) in [5.41, 5.74) is 3.18. The molecule has 0 N–H and O–H groups in total. The van der Waals surface area contributed by atoms with E-state index < -0.39 is 0 Å². The van der Waals surface area contributed by atoms with Crippen molar-refractivity contribution in [1.82, 2.24) is 4.98 Å². The number of ether oxygens (including phenoxy) is 2. The summed E-state index contributed by atoms with van der Waals surface area (Å²) >= 11 is 0. The Morgan fingerprint density at radius 1 is 1.29 bits per heavy atom. The molecule has 1 aliphatic heterocycles. The largest absolute Gasteiger partial charge is 0.494 e. The summed E-state index contributed by atoms with van der Waals surface area (Å²) in [7, 11) is 3.87. The lowest BCUT2D eigenvalue weighted by atomic mass is 10.0. The molecule has 0 radical (unpaired) electrons. The van der Waals surface area contributed by atoms with Crippen molar-refractivity contribution in [2.24, 2.45) is 0 Å². The molecule has 112 valence electrons. The molecule has 1 aromatic carbocycles. The molecule has 0 amide bonds. The normalized spacial score (nSPS) is 16.1. The van der Waals surface area contributed by atoms with Crippen LogP contribution in [-0.2, 0) is 4.74 Å². The fourth-order valence-corrected chi connectivity index (χ4v) is 3.05. The molecule has 0 spiro atoms. The maximum atomic E-state index is 5.47. The Morgan fingerprint density at radius 2 is 2.05 bits per heavy atom. The van der Waals surface area contributed by atoms with Crippen molar-refractivity contribution in [1.29, 1.82) is 0 Å². The molecule has 0 atom stereocenters. The van der Waals surface area contributed by atoms with Gasteiger partial charge in [-0.3, -0.25) is 0 Å². The third-order valence-electron chi connectivity index (χ3n) is 4.25. The van der Waals surface area contributed by atoms with E-state index in [4.69, 9.17) is 9.47 Å². The minimum Gasteiger partial charge on any atom is -0.494 e. The maximum absolute atomic E-state index is 5.47. The molecule has 0 unspecified atom stereocenters. The maximum Gasteiger partial charge on any atom is 0.145 e. The van der Waals surface area contributed by atoms with E-state index in [1.807, 2.05) is 19.1 Å². The number of hydrogen-bond donors (Lipinski definition) is 0. The van der Waals surface area contributed by atoms with Crippen LogP contribution in [-0.4, -0.2) is 38.4 Å². The zero-order valence-electron chi connectivity index (χ0n) is 12.9. The van der Waals surface area contributed by atoms with Crippen LogP contribution in [0.25, 0.3) is 10.9 Å². The number of methoxy groups -OCH3 is 1. The van der Waals surface area contributed by atoms with Crippen molar-refractivity contribution in [3.05, 3.63) is 30.0 Å². The average Bonchev–Trinajstić information content (AvgIpc) is 2.53. The van der Waals surface area contributed by atoms with E-state index in [0.717, 1.165) is 48.4 Å². The fourth-order valence-electron chi connectivity index (χ4n) is 3.05. The zero-order valence-corrected chi connectivity index (χ0v) is 12.9. The number of rotatable bonds is 3. The zero-order chi connectivity index (χ0) is 14.8. The molecule has 2 aromatic rings. The van der Waals surface area contributed by atoms with Gasteiger partial charge in [0.1, 0.15) is 11.3 Å². The minimum absolute atomic E-state index is 0.523. The van der Waals surface area contributed by atoms with Gasteiger partial charge in [0.15, 0.2) is 0 Å². The smallest absolute Gasteiger partial charge is 0.145 e. The predicted octanol–water partition coefficient (Wildman–Crippen LogP) is 3.17. The molecule has 0 aliphatic carbocycles. The van der Waals surface area contributed by atoms with E-state index in [1.54, 1.807) is 7.11 Å². The van der Waals surface area contributed by atoms with Gasteiger partial charge in [0.2, 0.25) is 0 Å². The van der Waals surface area contributed by atoms with Crippen LogP contribution in [0.3, 0.4) is 0 Å². The van der Waals surface area contributed by atoms with E-state index in [1.165, 1.54) is 5.69 Å². The third-order valence-corrected chi connectivity index (χ3v) is 4.25. The van der Waals surface area contributed by atoms with Gasteiger partial charge in [0, 0.05) is 43.1 Å². The number of aryl methyl sites for hydroxylation is 1. The summed E-state index contributed by atoms with van der Waals surface area (Å²) in [4.78, 5) is 7.03. The second-order valence-corrected chi connectivity index (χ2v) is 5.59. The highest BCUT2D eigenvalue weighted by atomic mass is 16.5. The van der Waals surface area contributed by atoms with Crippen LogP contribution >= 0.6 is 0 Å². The molecule has 1 saturated heterocycles. The Labute approximate surface area is 125 Å². The second-order valence-electron chi connectivity index (χ2n) is 5.59. The Morgan fingerprint density at radius 3 is 2.76 bits per heavy atom. The molecule has 2 heterocycles. The molecule has 1 aliphatic rings. The highest BCUT2D eigenvalue weighted by Crippen LogP contribution is 2.33. The van der Waals surface area contributed by atoms with E-state index in [-0.39, 0.29) is 0 Å². The third kappa shape index (κ3) is 2.68. The molecule has 21 heavy (non-hydrogen) atoms. The summed E-state index contributed by atoms with van der Waals surface area (Å²) in [5, 5.41) is 1.15. The SMILES string of the molecule is COc1cccc2c(N(C)C3CCOCC3)cc(C)nc12. The highest BCUT2D eigenvalue weighted by molar-refractivity contribution is 5.95. The fraction of sp³-hybridized carbons (Fsp3) is 0.471. The first-order valence-corrected chi connectivity index (χ1v) is 7.45. The first kappa shape index (κ1) is 14.1. The Bertz CT molecular complexity index is 636. The molecular formula is C17H22N2O2. The first-order chi connectivity index (χ1) is 10.2. The van der Waals surface area contributed by atoms with Gasteiger partial charge in [-0.2, -0.15) is 0 Å². The lowest BCUT2D eigenvalue weighted by molar-refractivity contribution is 0.0855. The second kappa shape index (κ2) is 5.90. The van der Waals surface area contributed by atoms with Crippen LogP contribution in [0.1, 0.15) is 18.5 Å². The van der Waals surface area contributed by atoms with Crippen molar-refractivity contribution in [2.45, 2.75) is 25.8 Å². The number of aromatic nitrogens is 1. The van der Waals surface area contributed by atoms with Crippen molar-refractivity contribution in [2.75, 3.05) is 32.3 Å². The van der Waals surface area contributed by atoms with Gasteiger partial charge in [-0.1, -0.05) is 12.1 Å². The molecule has 4 heteroatoms. The van der Waals surface area contributed by atoms with Crippen molar-refractivity contribution in [3.8, 4) is 5.75 Å². The summed E-state index contributed by atoms with van der Waals surface area (Å²) in [6, 6.07) is 8.80. The predicted molar refractivity (Wildman–Crippen MR) is 85.3 cm³/mol. The van der Waals surface area contributed by atoms with Crippen LogP contribution in [0, 0.1) is 6.92 Å². The van der Waals surface area contributed by atoms with Gasteiger partial charge in [-0.25, -0.2) is 4.98 Å². The molecule has 0 saturated carbocycles.